The number of alkyl halides is 3. The fourth-order valence-corrected chi connectivity index (χ4v) is 10.4. The molecule has 2 bridgehead atoms. The maximum absolute atomic E-state index is 16.8. The van der Waals surface area contributed by atoms with Crippen LogP contribution in [0.15, 0.2) is 24.2 Å². The van der Waals surface area contributed by atoms with Crippen molar-refractivity contribution in [1.82, 2.24) is 25.6 Å². The number of ether oxygens (including phenoxy) is 2. The van der Waals surface area contributed by atoms with Crippen molar-refractivity contribution in [2.75, 3.05) is 57.9 Å². The summed E-state index contributed by atoms with van der Waals surface area (Å²) in [6.07, 6.45) is -0.281. The van der Waals surface area contributed by atoms with Gasteiger partial charge in [-0.15, -0.1) is 11.8 Å². The van der Waals surface area contributed by atoms with Crippen LogP contribution in [0, 0.1) is 22.2 Å². The van der Waals surface area contributed by atoms with E-state index in [9.17, 15) is 22.8 Å². The maximum atomic E-state index is 16.8. The molecule has 4 fully saturated rings. The Morgan fingerprint density at radius 2 is 1.84 bits per heavy atom. The third-order valence-corrected chi connectivity index (χ3v) is 14.4. The van der Waals surface area contributed by atoms with E-state index in [1.54, 1.807) is 27.0 Å². The molecular formula is C41H62F4N8O4S. The second-order valence-electron chi connectivity index (χ2n) is 17.9. The number of aromatic nitrogens is 1. The number of carbonyl (C=O) groups is 2. The van der Waals surface area contributed by atoms with E-state index < -0.39 is 82.4 Å². The fourth-order valence-electron chi connectivity index (χ4n) is 9.20. The van der Waals surface area contributed by atoms with E-state index in [0.717, 1.165) is 43.6 Å². The first-order valence-electron chi connectivity index (χ1n) is 20.7. The van der Waals surface area contributed by atoms with E-state index in [1.807, 2.05) is 19.9 Å². The number of thioether (sulfide) groups is 1. The molecule has 6 rings (SSSR count). The van der Waals surface area contributed by atoms with Crippen LogP contribution in [0.2, 0.25) is 0 Å². The van der Waals surface area contributed by atoms with Gasteiger partial charge in [-0.25, -0.2) is 9.82 Å². The molecule has 4 heterocycles. The molecule has 1 saturated carbocycles. The minimum absolute atomic E-state index is 0.0415. The van der Waals surface area contributed by atoms with Gasteiger partial charge in [0.05, 0.1) is 41.4 Å². The monoisotopic (exact) mass is 838 g/mol. The van der Waals surface area contributed by atoms with Crippen molar-refractivity contribution in [3.63, 3.8) is 0 Å². The molecule has 7 atom stereocenters. The Balaban J connectivity index is 1.49. The number of hydrazine groups is 1. The number of piperazine rings is 1. The molecule has 0 aromatic carbocycles. The summed E-state index contributed by atoms with van der Waals surface area (Å²) in [6, 6.07) is 0.623. The first-order chi connectivity index (χ1) is 27.3. The minimum atomic E-state index is -4.56. The van der Waals surface area contributed by atoms with E-state index in [0.29, 0.717) is 36.7 Å². The van der Waals surface area contributed by atoms with Crippen molar-refractivity contribution in [2.24, 2.45) is 22.5 Å². The predicted octanol–water partition coefficient (Wildman–Crippen LogP) is 5.98. The smallest absolute Gasteiger partial charge is 0.389 e. The number of nitrogens with two attached hydrogens (primary N) is 1. The van der Waals surface area contributed by atoms with Crippen LogP contribution >= 0.6 is 11.8 Å². The Morgan fingerprint density at radius 1 is 1.14 bits per heavy atom. The summed E-state index contributed by atoms with van der Waals surface area (Å²) in [5, 5.41) is 13.3. The highest BCUT2D eigenvalue weighted by atomic mass is 32.2. The van der Waals surface area contributed by atoms with Gasteiger partial charge in [0, 0.05) is 86.9 Å². The molecule has 1 amide bonds. The first kappa shape index (κ1) is 44.7. The fraction of sp³-hybridized carbons (Fsp3) is 0.756. The number of nitrogens with one attached hydrogen (secondary N) is 3. The minimum Gasteiger partial charge on any atom is -0.464 e. The van der Waals surface area contributed by atoms with Crippen LogP contribution in [0.5, 0.6) is 0 Å². The summed E-state index contributed by atoms with van der Waals surface area (Å²) < 4.78 is 72.7. The van der Waals surface area contributed by atoms with E-state index in [1.165, 1.54) is 31.0 Å². The number of rotatable bonds is 7. The predicted molar refractivity (Wildman–Crippen MR) is 217 cm³/mol. The Morgan fingerprint density at radius 3 is 2.50 bits per heavy atom. The van der Waals surface area contributed by atoms with Crippen molar-refractivity contribution in [3.05, 3.63) is 35.4 Å². The summed E-state index contributed by atoms with van der Waals surface area (Å²) in [5.41, 5.74) is 7.27. The van der Waals surface area contributed by atoms with Crippen LogP contribution in [0.1, 0.15) is 103 Å². The van der Waals surface area contributed by atoms with Crippen molar-refractivity contribution in [3.8, 4) is 0 Å². The van der Waals surface area contributed by atoms with Gasteiger partial charge in [0.25, 0.3) is 5.91 Å². The van der Waals surface area contributed by atoms with Gasteiger partial charge in [-0.1, -0.05) is 33.8 Å². The zero-order valence-electron chi connectivity index (χ0n) is 34.7. The highest BCUT2D eigenvalue weighted by Gasteiger charge is 2.58. The van der Waals surface area contributed by atoms with Crippen molar-refractivity contribution >= 4 is 34.4 Å². The van der Waals surface area contributed by atoms with Crippen LogP contribution in [-0.4, -0.2) is 114 Å². The number of anilines is 1. The van der Waals surface area contributed by atoms with Crippen LogP contribution < -0.4 is 21.4 Å². The number of esters is 1. The maximum Gasteiger partial charge on any atom is 0.389 e. The molecule has 0 spiro atoms. The summed E-state index contributed by atoms with van der Waals surface area (Å²) in [6.45, 7) is 12.6. The molecule has 3 saturated heterocycles. The lowest BCUT2D eigenvalue weighted by molar-refractivity contribution is -0.155. The Hall–Kier alpha value is -2.83. The number of halogens is 4. The molecule has 12 nitrogen and oxygen atoms in total. The van der Waals surface area contributed by atoms with Gasteiger partial charge in [0.1, 0.15) is 11.9 Å². The molecule has 324 valence electrons. The van der Waals surface area contributed by atoms with Crippen LogP contribution in [0.3, 0.4) is 0 Å². The molecule has 1 aromatic heterocycles. The number of pyridine rings is 1. The van der Waals surface area contributed by atoms with E-state index in [-0.39, 0.29) is 31.0 Å². The number of methoxy groups -OCH3 is 1. The number of fused-ring (bicyclic) bond motifs is 3. The van der Waals surface area contributed by atoms with E-state index in [2.05, 4.69) is 20.5 Å². The van der Waals surface area contributed by atoms with Crippen LogP contribution in [0.25, 0.3) is 0 Å². The summed E-state index contributed by atoms with van der Waals surface area (Å²) in [4.78, 5) is 36.6. The van der Waals surface area contributed by atoms with Crippen molar-refractivity contribution in [1.29, 1.82) is 5.41 Å². The average molecular weight is 839 g/mol. The number of allylic oxidation sites excluding steroid dienone is 2. The van der Waals surface area contributed by atoms with Gasteiger partial charge < -0.3 is 25.4 Å². The molecule has 0 radical (unpaired) electrons. The number of carbonyl (C=O) groups excluding carboxylic acids is 2. The molecule has 58 heavy (non-hydrogen) atoms. The molecule has 5 N–H and O–H groups in total. The lowest BCUT2D eigenvalue weighted by Crippen LogP contribution is -2.59. The summed E-state index contributed by atoms with van der Waals surface area (Å²) >= 11 is 1.07. The lowest BCUT2D eigenvalue weighted by atomic mass is 9.61. The Labute approximate surface area is 344 Å². The van der Waals surface area contributed by atoms with Crippen LogP contribution in [0.4, 0.5) is 23.2 Å². The van der Waals surface area contributed by atoms with E-state index in [4.69, 9.17) is 25.6 Å². The zero-order valence-corrected chi connectivity index (χ0v) is 35.5. The number of hydrogen-bond donors (Lipinski definition) is 4. The number of amides is 1. The van der Waals surface area contributed by atoms with E-state index >= 15 is 4.39 Å². The average Bonchev–Trinajstić information content (AvgIpc) is 4.00. The molecule has 3 aliphatic heterocycles. The van der Waals surface area contributed by atoms with Gasteiger partial charge in [-0.3, -0.25) is 29.9 Å². The van der Waals surface area contributed by atoms with Gasteiger partial charge in [0.15, 0.2) is 0 Å². The molecule has 1 aromatic rings. The summed E-state index contributed by atoms with van der Waals surface area (Å²) in [7, 11) is 1.53. The second-order valence-corrected chi connectivity index (χ2v) is 19.3. The van der Waals surface area contributed by atoms with Gasteiger partial charge in [-0.2, -0.15) is 13.2 Å². The zero-order chi connectivity index (χ0) is 42.2. The topological polar surface area (TPSA) is 149 Å². The Bertz CT molecular complexity index is 1710. The third-order valence-electron chi connectivity index (χ3n) is 13.1. The highest BCUT2D eigenvalue weighted by Crippen LogP contribution is 2.59. The van der Waals surface area contributed by atoms with Crippen molar-refractivity contribution < 1.29 is 36.6 Å². The first-order valence-corrected chi connectivity index (χ1v) is 21.6. The lowest BCUT2D eigenvalue weighted by Gasteiger charge is -2.51. The number of cyclic esters (lactones) is 1. The van der Waals surface area contributed by atoms with Crippen molar-refractivity contribution in [2.45, 2.75) is 127 Å². The third kappa shape index (κ3) is 9.70. The summed E-state index contributed by atoms with van der Waals surface area (Å²) in [5.74, 6) is -2.34. The quantitative estimate of drug-likeness (QED) is 0.190. The second kappa shape index (κ2) is 17.6. The standard InChI is InChI=1S/C41H62F4N8O4S/c1-25(56-6)35-29(20-28(22-48-35)52-18-16-51(17-19-52)27-9-10-27)40(13-14-41(43,44)45)32-11-12-33(42)39(32,5)26(2)58-34(47)21-30(46)36(54)53-15-7-8-31(50-53)37(55)57-24-38(3,4)23-49-40/h12,20,22,25-27,30-32,47,49-50H,7-11,13-19,21,23-24,46H2,1-6H3/t25-,26+,30-,31-,32+,39+,40?/m0/s1. The number of hydrogen-bond acceptors (Lipinski definition) is 12. The van der Waals surface area contributed by atoms with Gasteiger partial charge in [-0.05, 0) is 63.0 Å². The largest absolute Gasteiger partial charge is 0.464 e. The molecule has 1 unspecified atom stereocenters. The van der Waals surface area contributed by atoms with Gasteiger partial charge in [0.2, 0.25) is 0 Å². The molecule has 2 aliphatic carbocycles. The molecule has 17 heteroatoms. The normalized spacial score (nSPS) is 32.9. The number of nitrogens with zero attached hydrogens (tertiary/aromatic N) is 4. The molecule has 5 aliphatic rings. The highest BCUT2D eigenvalue weighted by molar-refractivity contribution is 8.14. The van der Waals surface area contributed by atoms with Gasteiger partial charge >= 0.3 is 12.1 Å². The van der Waals surface area contributed by atoms with Crippen LogP contribution in [-0.2, 0) is 24.6 Å². The SMILES string of the molecule is CO[C@@H](C)c1ncc(N2CCN(C3CC3)CC2)cc1C1(CCC(F)(F)F)NCC(C)(C)COC(=O)[C@@H]2CCCN(N2)C(=O)[C@@H](N)CC(=N)S[C@H](C)[C@@]2(C)C(F)=CC[C@@H]12. The Kier molecular flexibility index (Phi) is 13.6. The molecular weight excluding hydrogens is 777 g/mol.